The summed E-state index contributed by atoms with van der Waals surface area (Å²) in [6.07, 6.45) is 6.73. The van der Waals surface area contributed by atoms with Crippen LogP contribution < -0.4 is 20.1 Å². The van der Waals surface area contributed by atoms with Gasteiger partial charge >= 0.3 is 0 Å². The van der Waals surface area contributed by atoms with E-state index in [1.54, 1.807) is 19.4 Å². The fourth-order valence-corrected chi connectivity index (χ4v) is 4.32. The van der Waals surface area contributed by atoms with Crippen LogP contribution in [0.1, 0.15) is 83.1 Å². The van der Waals surface area contributed by atoms with Gasteiger partial charge < -0.3 is 14.8 Å². The molecule has 226 valence electrons. The molecule has 3 heterocycles. The molecule has 0 atom stereocenters. The largest absolute Gasteiger partial charge is 0.494 e. The molecule has 0 bridgehead atoms. The number of nitrogens with zero attached hydrogens (tertiary/aromatic N) is 3. The Hall–Kier alpha value is -3.24. The highest BCUT2D eigenvalue weighted by atomic mass is 35.5. The fourth-order valence-electron chi connectivity index (χ4n) is 3.27. The lowest BCUT2D eigenvalue weighted by Crippen LogP contribution is -2.16. The number of nitrogens with one attached hydrogen (secondary N) is 2. The Morgan fingerprint density at radius 1 is 1.12 bits per heavy atom. The van der Waals surface area contributed by atoms with E-state index in [1.165, 1.54) is 17.5 Å². The summed E-state index contributed by atoms with van der Waals surface area (Å²) in [5.41, 5.74) is 3.28. The predicted molar refractivity (Wildman–Crippen MR) is 168 cm³/mol. The topological polar surface area (TPSA) is 115 Å². The Balaban J connectivity index is 0.000000816. The Morgan fingerprint density at radius 2 is 1.83 bits per heavy atom. The lowest BCUT2D eigenvalue weighted by molar-refractivity contribution is -0.109. The van der Waals surface area contributed by atoms with E-state index < -0.39 is 0 Å². The first-order chi connectivity index (χ1) is 19.5. The number of aromatic nitrogens is 3. The van der Waals surface area contributed by atoms with Gasteiger partial charge in [-0.2, -0.15) is 0 Å². The van der Waals surface area contributed by atoms with E-state index in [2.05, 4.69) is 53.3 Å². The van der Waals surface area contributed by atoms with Gasteiger partial charge in [-0.1, -0.05) is 77.8 Å². The van der Waals surface area contributed by atoms with Gasteiger partial charge in [-0.15, -0.1) is 0 Å². The molecule has 2 N–H and O–H groups in total. The highest BCUT2D eigenvalue weighted by Crippen LogP contribution is 2.36. The second-order valence-electron chi connectivity index (χ2n) is 9.91. The minimum absolute atomic E-state index is 0.0196. The Morgan fingerprint density at radius 3 is 2.41 bits per heavy atom. The number of ether oxygens (including phenoxy) is 2. The quantitative estimate of drug-likeness (QED) is 0.133. The molecule has 9 nitrogen and oxygen atoms in total. The molecule has 0 spiro atoms. The molecule has 0 unspecified atom stereocenters. The Kier molecular flexibility index (Phi) is 15.9. The van der Waals surface area contributed by atoms with Crippen molar-refractivity contribution in [3.8, 4) is 21.9 Å². The number of unbranched alkanes of at least 4 members (excludes halogenated alkanes) is 1. The summed E-state index contributed by atoms with van der Waals surface area (Å²) >= 11 is 7.44. The van der Waals surface area contributed by atoms with Crippen molar-refractivity contribution in [3.63, 3.8) is 0 Å². The molecule has 3 rings (SSSR count). The van der Waals surface area contributed by atoms with Crippen molar-refractivity contribution >= 4 is 40.4 Å². The first kappa shape index (κ1) is 35.8. The van der Waals surface area contributed by atoms with Gasteiger partial charge in [0.15, 0.2) is 10.2 Å². The molecule has 0 aliphatic rings. The number of rotatable bonds is 11. The van der Waals surface area contributed by atoms with Crippen molar-refractivity contribution in [2.45, 2.75) is 74.7 Å². The molecule has 41 heavy (non-hydrogen) atoms. The van der Waals surface area contributed by atoms with E-state index in [4.69, 9.17) is 21.1 Å². The molecule has 11 heteroatoms. The van der Waals surface area contributed by atoms with Gasteiger partial charge in [0.2, 0.25) is 6.41 Å². The lowest BCUT2D eigenvalue weighted by Gasteiger charge is -2.18. The van der Waals surface area contributed by atoms with Crippen molar-refractivity contribution in [1.82, 2.24) is 20.3 Å². The third-order valence-electron chi connectivity index (χ3n) is 5.24. The third-order valence-corrected chi connectivity index (χ3v) is 6.37. The Bertz CT molecular complexity index is 1240. The van der Waals surface area contributed by atoms with Gasteiger partial charge in [-0.05, 0) is 37.3 Å². The van der Waals surface area contributed by atoms with Crippen LogP contribution in [0.15, 0.2) is 24.5 Å². The summed E-state index contributed by atoms with van der Waals surface area (Å²) in [6.45, 7) is 17.6. The van der Waals surface area contributed by atoms with Crippen molar-refractivity contribution < 1.29 is 19.1 Å². The maximum atomic E-state index is 13.2. The van der Waals surface area contributed by atoms with Gasteiger partial charge in [-0.25, -0.2) is 9.97 Å². The molecule has 0 aliphatic carbocycles. The normalized spacial score (nSPS) is 10.4. The molecule has 3 aromatic heterocycles. The van der Waals surface area contributed by atoms with Crippen LogP contribution in [0.3, 0.4) is 0 Å². The molecule has 0 fully saturated rings. The van der Waals surface area contributed by atoms with Gasteiger partial charge in [-0.3, -0.25) is 19.9 Å². The van der Waals surface area contributed by atoms with Crippen molar-refractivity contribution in [2.24, 2.45) is 5.41 Å². The first-order valence-electron chi connectivity index (χ1n) is 13.8. The molecular weight excluding hydrogens is 562 g/mol. The minimum atomic E-state index is -0.332. The molecule has 0 aromatic carbocycles. The van der Waals surface area contributed by atoms with Gasteiger partial charge in [0.25, 0.3) is 5.91 Å². The molecular formula is C30H44ClN5O4S. The maximum Gasteiger partial charge on any atom is 0.259 e. The van der Waals surface area contributed by atoms with Crippen molar-refractivity contribution in [2.75, 3.05) is 25.6 Å². The van der Waals surface area contributed by atoms with Crippen LogP contribution in [0.5, 0.6) is 10.8 Å². The zero-order valence-corrected chi connectivity index (χ0v) is 27.3. The smallest absolute Gasteiger partial charge is 0.259 e. The van der Waals surface area contributed by atoms with Crippen LogP contribution in [-0.4, -0.2) is 47.5 Å². The number of pyridine rings is 2. The molecule has 0 saturated carbocycles. The van der Waals surface area contributed by atoms with Crippen LogP contribution in [0.2, 0.25) is 5.15 Å². The maximum absolute atomic E-state index is 13.2. The van der Waals surface area contributed by atoms with Crippen LogP contribution >= 0.6 is 22.9 Å². The number of halogens is 1. The number of hydrogen-bond donors (Lipinski definition) is 2. The standard InChI is InChI=1S/C23H27ClN4O3S.C5H11NO.C2H6/c1-7-17-21(31-12-23(3,4)5)32-22(27-17)28-20(29)16-10-25-13(2)8-14(16)15-9-19(24)26-11-18(15)30-6;1-2-3-4-6-5-7;1-2/h8-11H,7,12H2,1-6H3,(H,27,28,29);5H,2-4H2,1H3,(H,6,7);1-2H3. The summed E-state index contributed by atoms with van der Waals surface area (Å²) in [5, 5.41) is 6.96. The van der Waals surface area contributed by atoms with Crippen LogP contribution in [0.4, 0.5) is 5.13 Å². The lowest BCUT2D eigenvalue weighted by atomic mass is 9.99. The zero-order chi connectivity index (χ0) is 31.0. The Labute approximate surface area is 253 Å². The summed E-state index contributed by atoms with van der Waals surface area (Å²) < 4.78 is 11.4. The van der Waals surface area contributed by atoms with Crippen LogP contribution in [0, 0.1) is 12.3 Å². The number of anilines is 1. The average Bonchev–Trinajstić information content (AvgIpc) is 3.34. The van der Waals surface area contributed by atoms with E-state index >= 15 is 0 Å². The average molecular weight is 606 g/mol. The zero-order valence-electron chi connectivity index (χ0n) is 25.7. The molecule has 0 aliphatic heterocycles. The highest BCUT2D eigenvalue weighted by molar-refractivity contribution is 7.17. The van der Waals surface area contributed by atoms with Gasteiger partial charge in [0, 0.05) is 29.6 Å². The number of hydrogen-bond acceptors (Lipinski definition) is 8. The highest BCUT2D eigenvalue weighted by Gasteiger charge is 2.21. The van der Waals surface area contributed by atoms with E-state index in [0.717, 1.165) is 42.2 Å². The van der Waals surface area contributed by atoms with Crippen LogP contribution in [-0.2, 0) is 11.2 Å². The van der Waals surface area contributed by atoms with Crippen molar-refractivity contribution in [3.05, 3.63) is 46.6 Å². The fraction of sp³-hybridized carbons (Fsp3) is 0.500. The van der Waals surface area contributed by atoms with Crippen molar-refractivity contribution in [1.29, 1.82) is 0 Å². The van der Waals surface area contributed by atoms with E-state index in [-0.39, 0.29) is 11.3 Å². The number of amides is 2. The number of methoxy groups -OCH3 is 1. The number of carbonyl (C=O) groups excluding carboxylic acids is 2. The predicted octanol–water partition coefficient (Wildman–Crippen LogP) is 7.37. The van der Waals surface area contributed by atoms with E-state index in [0.29, 0.717) is 45.8 Å². The molecule has 2 amide bonds. The summed E-state index contributed by atoms with van der Waals surface area (Å²) in [5.74, 6) is 0.177. The second kappa shape index (κ2) is 18.2. The van der Waals surface area contributed by atoms with E-state index in [9.17, 15) is 9.59 Å². The molecule has 0 radical (unpaired) electrons. The molecule has 3 aromatic rings. The number of thiazole rings is 1. The first-order valence-corrected chi connectivity index (χ1v) is 15.0. The van der Waals surface area contributed by atoms with E-state index in [1.807, 2.05) is 33.8 Å². The van der Waals surface area contributed by atoms with Gasteiger partial charge in [0.1, 0.15) is 10.9 Å². The number of aryl methyl sites for hydroxylation is 2. The summed E-state index contributed by atoms with van der Waals surface area (Å²) in [6, 6.07) is 3.49. The third kappa shape index (κ3) is 12.0. The molecule has 0 saturated heterocycles. The van der Waals surface area contributed by atoms with Gasteiger partial charge in [0.05, 0.1) is 31.2 Å². The second-order valence-corrected chi connectivity index (χ2v) is 11.3. The monoisotopic (exact) mass is 605 g/mol. The SMILES string of the molecule is CC.CCCCNC=O.CCc1nc(NC(=O)c2cnc(C)cc2-c2cc(Cl)ncc2OC)sc1OCC(C)(C)C. The van der Waals surface area contributed by atoms with Crippen LogP contribution in [0.25, 0.3) is 11.1 Å². The summed E-state index contributed by atoms with van der Waals surface area (Å²) in [7, 11) is 1.54. The minimum Gasteiger partial charge on any atom is -0.494 e. The summed E-state index contributed by atoms with van der Waals surface area (Å²) in [4.78, 5) is 35.7. The number of carbonyl (C=O) groups is 2.